The molecule has 0 amide bonds. The van der Waals surface area contributed by atoms with E-state index in [4.69, 9.17) is 9.72 Å². The highest BCUT2D eigenvalue weighted by Crippen LogP contribution is 2.30. The Balaban J connectivity index is 1.55. The van der Waals surface area contributed by atoms with Crippen LogP contribution in [0.5, 0.6) is 0 Å². The average molecular weight is 445 g/mol. The van der Waals surface area contributed by atoms with Crippen molar-refractivity contribution in [2.75, 3.05) is 36.5 Å². The molecule has 8 heteroatoms. The number of benzene rings is 1. The minimum Gasteiger partial charge on any atom is -0.378 e. The van der Waals surface area contributed by atoms with Crippen molar-refractivity contribution in [1.82, 2.24) is 19.7 Å². The number of hydrogen-bond donors (Lipinski definition) is 2. The van der Waals surface area contributed by atoms with Crippen LogP contribution in [-0.2, 0) is 10.3 Å². The highest BCUT2D eigenvalue weighted by atomic mass is 16.5. The quantitative estimate of drug-likeness (QED) is 0.492. The molecule has 0 bridgehead atoms. The highest BCUT2D eigenvalue weighted by Gasteiger charge is 2.20. The SMILES string of the molecule is CC(C)(C)n1nccc1-c1cc2cc[nH]c(=O)c2c(Nc2ccc(N3CCOCC3)cc2)n1. The molecule has 2 N–H and O–H groups in total. The van der Waals surface area contributed by atoms with Gasteiger partial charge in [-0.2, -0.15) is 5.10 Å². The Labute approximate surface area is 192 Å². The van der Waals surface area contributed by atoms with Crippen molar-refractivity contribution in [2.24, 2.45) is 0 Å². The van der Waals surface area contributed by atoms with Gasteiger partial charge in [-0.3, -0.25) is 9.48 Å². The fraction of sp³-hybridized carbons (Fsp3) is 0.320. The Bertz CT molecular complexity index is 1330. The molecule has 0 saturated carbocycles. The third-order valence-corrected chi connectivity index (χ3v) is 5.80. The van der Waals surface area contributed by atoms with Gasteiger partial charge in [-0.1, -0.05) is 0 Å². The fourth-order valence-electron chi connectivity index (χ4n) is 4.18. The number of pyridine rings is 2. The van der Waals surface area contributed by atoms with E-state index in [-0.39, 0.29) is 11.1 Å². The average Bonchev–Trinajstić information content (AvgIpc) is 3.31. The maximum absolute atomic E-state index is 12.7. The standard InChI is InChI=1S/C25H28N6O2/c1-25(2,3)31-21(9-11-27-31)20-16-17-8-10-26-24(32)22(17)23(29-20)28-18-4-6-19(7-5-18)30-12-14-33-15-13-30/h4-11,16H,12-15H2,1-3H3,(H,26,32)(H,28,29). The second-order valence-corrected chi connectivity index (χ2v) is 9.20. The summed E-state index contributed by atoms with van der Waals surface area (Å²) in [6, 6.07) is 14.0. The lowest BCUT2D eigenvalue weighted by Crippen LogP contribution is -2.36. The van der Waals surface area contributed by atoms with Crippen molar-refractivity contribution in [2.45, 2.75) is 26.3 Å². The third-order valence-electron chi connectivity index (χ3n) is 5.80. The fourth-order valence-corrected chi connectivity index (χ4v) is 4.18. The molecule has 4 aromatic rings. The number of ether oxygens (including phenoxy) is 1. The van der Waals surface area contributed by atoms with Crippen LogP contribution in [0.15, 0.2) is 59.7 Å². The molecule has 1 aliphatic heterocycles. The molecule has 0 spiro atoms. The number of rotatable bonds is 4. The molecular formula is C25H28N6O2. The summed E-state index contributed by atoms with van der Waals surface area (Å²) in [6.45, 7) is 9.57. The van der Waals surface area contributed by atoms with Crippen LogP contribution in [0.3, 0.4) is 0 Å². The van der Waals surface area contributed by atoms with Crippen molar-refractivity contribution < 1.29 is 4.74 Å². The summed E-state index contributed by atoms with van der Waals surface area (Å²) in [5, 5.41) is 9.22. The van der Waals surface area contributed by atoms with Gasteiger partial charge in [0.2, 0.25) is 0 Å². The lowest BCUT2D eigenvalue weighted by Gasteiger charge is -2.29. The van der Waals surface area contributed by atoms with Crippen LogP contribution >= 0.6 is 0 Å². The van der Waals surface area contributed by atoms with Crippen LogP contribution in [0.1, 0.15) is 20.8 Å². The Morgan fingerprint density at radius 3 is 2.55 bits per heavy atom. The van der Waals surface area contributed by atoms with Gasteiger partial charge in [0.25, 0.3) is 5.56 Å². The number of nitrogens with one attached hydrogen (secondary N) is 2. The van der Waals surface area contributed by atoms with E-state index in [0.29, 0.717) is 11.2 Å². The lowest BCUT2D eigenvalue weighted by atomic mass is 10.1. The summed E-state index contributed by atoms with van der Waals surface area (Å²) in [5.41, 5.74) is 3.30. The van der Waals surface area contributed by atoms with Gasteiger partial charge in [-0.25, -0.2) is 4.98 Å². The summed E-state index contributed by atoms with van der Waals surface area (Å²) in [6.07, 6.45) is 3.44. The number of anilines is 3. The first-order chi connectivity index (χ1) is 15.9. The van der Waals surface area contributed by atoms with Crippen molar-refractivity contribution in [3.05, 3.63) is 65.2 Å². The molecule has 4 heterocycles. The molecule has 3 aromatic heterocycles. The number of aromatic nitrogens is 4. The number of morpholine rings is 1. The van der Waals surface area contributed by atoms with Crippen molar-refractivity contribution >= 4 is 28.0 Å². The largest absolute Gasteiger partial charge is 0.378 e. The summed E-state index contributed by atoms with van der Waals surface area (Å²) in [5.74, 6) is 0.519. The van der Waals surface area contributed by atoms with Crippen LogP contribution in [-0.4, -0.2) is 46.1 Å². The van der Waals surface area contributed by atoms with Crippen LogP contribution in [0.2, 0.25) is 0 Å². The molecule has 0 atom stereocenters. The number of nitrogens with zero attached hydrogens (tertiary/aromatic N) is 4. The van der Waals surface area contributed by atoms with Gasteiger partial charge in [-0.05, 0) is 68.6 Å². The Morgan fingerprint density at radius 1 is 1.06 bits per heavy atom. The van der Waals surface area contributed by atoms with Gasteiger partial charge < -0.3 is 19.9 Å². The molecule has 0 radical (unpaired) electrons. The van der Waals surface area contributed by atoms with Gasteiger partial charge in [0, 0.05) is 36.9 Å². The van der Waals surface area contributed by atoms with Crippen LogP contribution in [0.25, 0.3) is 22.2 Å². The molecule has 0 aliphatic carbocycles. The maximum atomic E-state index is 12.7. The minimum atomic E-state index is -0.202. The Morgan fingerprint density at radius 2 is 1.82 bits per heavy atom. The minimum absolute atomic E-state index is 0.177. The summed E-state index contributed by atoms with van der Waals surface area (Å²) < 4.78 is 7.40. The second kappa shape index (κ2) is 8.37. The number of aromatic amines is 1. The van der Waals surface area contributed by atoms with Gasteiger partial charge in [0.05, 0.1) is 35.5 Å². The van der Waals surface area contributed by atoms with E-state index < -0.39 is 0 Å². The highest BCUT2D eigenvalue weighted by molar-refractivity contribution is 5.95. The molecule has 5 rings (SSSR count). The van der Waals surface area contributed by atoms with E-state index in [1.807, 2.05) is 35.0 Å². The zero-order valence-electron chi connectivity index (χ0n) is 19.1. The summed E-state index contributed by atoms with van der Waals surface area (Å²) in [7, 11) is 0. The van der Waals surface area contributed by atoms with Crippen LogP contribution < -0.4 is 15.8 Å². The third kappa shape index (κ3) is 4.21. The Hall–Kier alpha value is -3.65. The second-order valence-electron chi connectivity index (χ2n) is 9.20. The zero-order chi connectivity index (χ0) is 23.0. The molecule has 1 saturated heterocycles. The predicted octanol–water partition coefficient (Wildman–Crippen LogP) is 4.12. The molecule has 1 aliphatic rings. The molecule has 8 nitrogen and oxygen atoms in total. The van der Waals surface area contributed by atoms with E-state index in [0.717, 1.165) is 54.5 Å². The van der Waals surface area contributed by atoms with Crippen molar-refractivity contribution in [3.63, 3.8) is 0 Å². The van der Waals surface area contributed by atoms with Crippen LogP contribution in [0.4, 0.5) is 17.2 Å². The van der Waals surface area contributed by atoms with E-state index >= 15 is 0 Å². The van der Waals surface area contributed by atoms with Gasteiger partial charge in [-0.15, -0.1) is 0 Å². The lowest BCUT2D eigenvalue weighted by molar-refractivity contribution is 0.122. The van der Waals surface area contributed by atoms with Crippen LogP contribution in [0, 0.1) is 0 Å². The maximum Gasteiger partial charge on any atom is 0.259 e. The number of fused-ring (bicyclic) bond motifs is 1. The number of hydrogen-bond acceptors (Lipinski definition) is 6. The smallest absolute Gasteiger partial charge is 0.259 e. The summed E-state index contributed by atoms with van der Waals surface area (Å²) in [4.78, 5) is 22.6. The first kappa shape index (κ1) is 21.2. The molecule has 1 fully saturated rings. The summed E-state index contributed by atoms with van der Waals surface area (Å²) >= 11 is 0. The van der Waals surface area contributed by atoms with Crippen molar-refractivity contribution in [3.8, 4) is 11.4 Å². The first-order valence-electron chi connectivity index (χ1n) is 11.2. The molecule has 170 valence electrons. The topological polar surface area (TPSA) is 88.1 Å². The van der Waals surface area contributed by atoms with E-state index in [1.54, 1.807) is 12.4 Å². The molecular weight excluding hydrogens is 416 g/mol. The number of H-pyrrole nitrogens is 1. The van der Waals surface area contributed by atoms with Crippen molar-refractivity contribution in [1.29, 1.82) is 0 Å². The zero-order valence-corrected chi connectivity index (χ0v) is 19.1. The molecule has 0 unspecified atom stereocenters. The van der Waals surface area contributed by atoms with Gasteiger partial charge in [0.1, 0.15) is 5.82 Å². The van der Waals surface area contributed by atoms with Gasteiger partial charge in [0.15, 0.2) is 0 Å². The Kier molecular flexibility index (Phi) is 5.38. The van der Waals surface area contributed by atoms with E-state index in [1.165, 1.54) is 0 Å². The predicted molar refractivity (Wildman–Crippen MR) is 131 cm³/mol. The molecule has 1 aromatic carbocycles. The van der Waals surface area contributed by atoms with E-state index in [9.17, 15) is 4.79 Å². The van der Waals surface area contributed by atoms with E-state index in [2.05, 4.69) is 53.2 Å². The normalized spacial score (nSPS) is 14.6. The first-order valence-corrected chi connectivity index (χ1v) is 11.2. The molecule has 33 heavy (non-hydrogen) atoms. The monoisotopic (exact) mass is 444 g/mol. The van der Waals surface area contributed by atoms with Gasteiger partial charge >= 0.3 is 0 Å².